The minimum absolute atomic E-state index is 0.107. The molecule has 1 N–H and O–H groups in total. The van der Waals surface area contributed by atoms with E-state index in [2.05, 4.69) is 0 Å². The van der Waals surface area contributed by atoms with E-state index in [1.165, 1.54) is 0 Å². The maximum absolute atomic E-state index is 12.4. The molecule has 0 saturated carbocycles. The van der Waals surface area contributed by atoms with Gasteiger partial charge in [-0.3, -0.25) is 4.79 Å². The van der Waals surface area contributed by atoms with Crippen molar-refractivity contribution in [1.82, 2.24) is 0 Å². The van der Waals surface area contributed by atoms with Gasteiger partial charge in [-0.15, -0.1) is 0 Å². The lowest BCUT2D eigenvalue weighted by Crippen LogP contribution is -2.05. The van der Waals surface area contributed by atoms with Gasteiger partial charge in [0.25, 0.3) is 0 Å². The van der Waals surface area contributed by atoms with Crippen LogP contribution in [0.5, 0.6) is 23.0 Å². The molecule has 0 heterocycles. The Kier molecular flexibility index (Phi) is 9.48. The molecule has 0 radical (unpaired) electrons. The first kappa shape index (κ1) is 26.3. The van der Waals surface area contributed by atoms with Crippen LogP contribution in [0.1, 0.15) is 33.2 Å². The van der Waals surface area contributed by atoms with Gasteiger partial charge in [0, 0.05) is 11.1 Å². The highest BCUT2D eigenvalue weighted by atomic mass is 16.5. The summed E-state index contributed by atoms with van der Waals surface area (Å²) < 4.78 is 20.9. The Labute approximate surface area is 211 Å². The fraction of sp³-hybridized carbons (Fsp3) is 0.167. The summed E-state index contributed by atoms with van der Waals surface area (Å²) in [5.41, 5.74) is 2.52. The summed E-state index contributed by atoms with van der Waals surface area (Å²) in [6, 6.07) is 29.1. The monoisotopic (exact) mass is 486 g/mol. The van der Waals surface area contributed by atoms with Gasteiger partial charge in [-0.1, -0.05) is 60.7 Å². The Morgan fingerprint density at radius 2 is 0.833 bits per heavy atom. The topological polar surface area (TPSA) is 74.2 Å². The molecule has 36 heavy (non-hydrogen) atoms. The minimum Gasteiger partial charge on any atom is -0.496 e. The molecule has 4 aromatic rings. The van der Waals surface area contributed by atoms with E-state index in [1.807, 2.05) is 72.8 Å². The lowest BCUT2D eigenvalue weighted by molar-refractivity contribution is 0.103. The van der Waals surface area contributed by atoms with E-state index < -0.39 is 6.10 Å². The highest BCUT2D eigenvalue weighted by Crippen LogP contribution is 2.34. The van der Waals surface area contributed by atoms with E-state index in [0.29, 0.717) is 34.1 Å². The molecule has 0 aromatic heterocycles. The summed E-state index contributed by atoms with van der Waals surface area (Å²) in [6.45, 7) is 0. The third-order valence-electron chi connectivity index (χ3n) is 5.57. The molecule has 0 atom stereocenters. The number of aliphatic hydroxyl groups is 1. The average molecular weight is 487 g/mol. The van der Waals surface area contributed by atoms with Crippen LogP contribution in [0.2, 0.25) is 0 Å². The first-order valence-electron chi connectivity index (χ1n) is 11.3. The second kappa shape index (κ2) is 13.0. The van der Waals surface area contributed by atoms with Crippen LogP contribution < -0.4 is 18.9 Å². The third-order valence-corrected chi connectivity index (χ3v) is 5.57. The number of rotatable bonds is 8. The zero-order valence-corrected chi connectivity index (χ0v) is 20.8. The molecule has 6 heteroatoms. The highest BCUT2D eigenvalue weighted by molar-refractivity contribution is 6.12. The SMILES string of the molecule is COc1ccccc1C(=O)c1ccccc1OC.COc1ccccc1C(O)c1ccccc1OC. The summed E-state index contributed by atoms with van der Waals surface area (Å²) >= 11 is 0. The maximum Gasteiger partial charge on any atom is 0.200 e. The molecule has 4 aromatic carbocycles. The Balaban J connectivity index is 0.000000201. The van der Waals surface area contributed by atoms with Crippen LogP contribution in [-0.4, -0.2) is 39.3 Å². The third kappa shape index (κ3) is 6.03. The van der Waals surface area contributed by atoms with Gasteiger partial charge in [0.1, 0.15) is 29.1 Å². The van der Waals surface area contributed by atoms with Gasteiger partial charge in [-0.05, 0) is 36.4 Å². The molecule has 0 spiro atoms. The van der Waals surface area contributed by atoms with Crippen molar-refractivity contribution in [3.8, 4) is 23.0 Å². The number of ketones is 1. The summed E-state index contributed by atoms with van der Waals surface area (Å²) in [4.78, 5) is 12.4. The summed E-state index contributed by atoms with van der Waals surface area (Å²) in [5, 5.41) is 10.5. The molecule has 6 nitrogen and oxygen atoms in total. The van der Waals surface area contributed by atoms with Crippen LogP contribution in [-0.2, 0) is 0 Å². The Morgan fingerprint density at radius 3 is 1.19 bits per heavy atom. The molecular weight excluding hydrogens is 456 g/mol. The van der Waals surface area contributed by atoms with Crippen LogP contribution in [0.4, 0.5) is 0 Å². The van der Waals surface area contributed by atoms with Gasteiger partial charge in [0.05, 0.1) is 39.6 Å². The Bertz CT molecular complexity index is 1190. The number of hydrogen-bond donors (Lipinski definition) is 1. The maximum atomic E-state index is 12.4. The standard InChI is InChI=1S/C15H16O3.C15H14O3/c2*1-17-13-9-5-3-7-11(13)15(16)12-8-4-6-10-14(12)18-2/h3-10,15-16H,1-2H3;3-10H,1-2H3. The van der Waals surface area contributed by atoms with Crippen molar-refractivity contribution in [3.63, 3.8) is 0 Å². The van der Waals surface area contributed by atoms with E-state index >= 15 is 0 Å². The van der Waals surface area contributed by atoms with Crippen LogP contribution in [0.15, 0.2) is 97.1 Å². The van der Waals surface area contributed by atoms with Crippen LogP contribution in [0.25, 0.3) is 0 Å². The number of ether oxygens (including phenoxy) is 4. The predicted octanol–water partition coefficient (Wildman–Crippen LogP) is 5.72. The molecule has 0 amide bonds. The van der Waals surface area contributed by atoms with Gasteiger partial charge in [-0.2, -0.15) is 0 Å². The van der Waals surface area contributed by atoms with Gasteiger partial charge in [-0.25, -0.2) is 0 Å². The second-order valence-electron chi connectivity index (χ2n) is 7.62. The van der Waals surface area contributed by atoms with E-state index in [9.17, 15) is 9.90 Å². The van der Waals surface area contributed by atoms with Crippen molar-refractivity contribution in [1.29, 1.82) is 0 Å². The van der Waals surface area contributed by atoms with Crippen molar-refractivity contribution in [2.75, 3.05) is 28.4 Å². The highest BCUT2D eigenvalue weighted by Gasteiger charge is 2.18. The Hall–Kier alpha value is -4.29. The number of aliphatic hydroxyl groups excluding tert-OH is 1. The average Bonchev–Trinajstić information content (AvgIpc) is 2.96. The van der Waals surface area contributed by atoms with E-state index in [1.54, 1.807) is 52.7 Å². The molecule has 0 aliphatic heterocycles. The molecule has 186 valence electrons. The van der Waals surface area contributed by atoms with Crippen LogP contribution in [0.3, 0.4) is 0 Å². The zero-order valence-electron chi connectivity index (χ0n) is 20.8. The first-order valence-corrected chi connectivity index (χ1v) is 11.3. The number of hydrogen-bond acceptors (Lipinski definition) is 6. The lowest BCUT2D eigenvalue weighted by atomic mass is 10.00. The van der Waals surface area contributed by atoms with Crippen LogP contribution >= 0.6 is 0 Å². The number of para-hydroxylation sites is 4. The van der Waals surface area contributed by atoms with Gasteiger partial charge < -0.3 is 24.1 Å². The number of methoxy groups -OCH3 is 4. The fourth-order valence-corrected chi connectivity index (χ4v) is 3.76. The smallest absolute Gasteiger partial charge is 0.200 e. The quantitative estimate of drug-likeness (QED) is 0.321. The number of benzene rings is 4. The minimum atomic E-state index is -0.766. The molecule has 0 bridgehead atoms. The largest absolute Gasteiger partial charge is 0.496 e. The van der Waals surface area contributed by atoms with E-state index in [0.717, 1.165) is 11.1 Å². The molecule has 4 rings (SSSR count). The first-order chi connectivity index (χ1) is 17.5. The fourth-order valence-electron chi connectivity index (χ4n) is 3.76. The van der Waals surface area contributed by atoms with Gasteiger partial charge in [0.2, 0.25) is 0 Å². The summed E-state index contributed by atoms with van der Waals surface area (Å²) in [6.07, 6.45) is -0.766. The van der Waals surface area contributed by atoms with Crippen molar-refractivity contribution in [3.05, 3.63) is 119 Å². The zero-order chi connectivity index (χ0) is 25.9. The van der Waals surface area contributed by atoms with Crippen LogP contribution in [0, 0.1) is 0 Å². The predicted molar refractivity (Wildman–Crippen MR) is 139 cm³/mol. The second-order valence-corrected chi connectivity index (χ2v) is 7.62. The van der Waals surface area contributed by atoms with Gasteiger partial charge >= 0.3 is 0 Å². The van der Waals surface area contributed by atoms with Gasteiger partial charge in [0.15, 0.2) is 5.78 Å². The van der Waals surface area contributed by atoms with E-state index in [-0.39, 0.29) is 5.78 Å². The molecule has 0 fully saturated rings. The molecule has 0 unspecified atom stereocenters. The van der Waals surface area contributed by atoms with Crippen molar-refractivity contribution in [2.24, 2.45) is 0 Å². The van der Waals surface area contributed by atoms with E-state index in [4.69, 9.17) is 18.9 Å². The van der Waals surface area contributed by atoms with Crippen molar-refractivity contribution < 1.29 is 28.8 Å². The summed E-state index contributed by atoms with van der Waals surface area (Å²) in [7, 11) is 6.28. The normalized spacial score (nSPS) is 10.2. The van der Waals surface area contributed by atoms with Crippen molar-refractivity contribution in [2.45, 2.75) is 6.10 Å². The molecule has 0 aliphatic carbocycles. The lowest BCUT2D eigenvalue weighted by Gasteiger charge is -2.17. The van der Waals surface area contributed by atoms with Crippen molar-refractivity contribution >= 4 is 5.78 Å². The summed E-state index contributed by atoms with van der Waals surface area (Å²) in [5.74, 6) is 2.35. The Morgan fingerprint density at radius 1 is 0.528 bits per heavy atom. The molecule has 0 aliphatic rings. The number of carbonyl (C=O) groups excluding carboxylic acids is 1. The molecular formula is C30H30O6. The number of carbonyl (C=O) groups is 1. The molecule has 0 saturated heterocycles.